The van der Waals surface area contributed by atoms with Gasteiger partial charge in [0.15, 0.2) is 11.9 Å². The van der Waals surface area contributed by atoms with Gasteiger partial charge in [-0.1, -0.05) is 54.6 Å². The van der Waals surface area contributed by atoms with E-state index in [1.54, 1.807) is 4.90 Å². The largest absolute Gasteiger partial charge is 0.539 e. The van der Waals surface area contributed by atoms with Crippen LogP contribution in [-0.4, -0.2) is 66.8 Å². The third kappa shape index (κ3) is 13.2. The van der Waals surface area contributed by atoms with Crippen LogP contribution in [0.3, 0.4) is 0 Å². The first-order valence-corrected chi connectivity index (χ1v) is 11.7. The maximum atomic E-state index is 9.04. The molecule has 0 fully saturated rings. The van der Waals surface area contributed by atoms with E-state index in [0.29, 0.717) is 5.92 Å². The lowest BCUT2D eigenvalue weighted by atomic mass is 9.90. The Morgan fingerprint density at radius 2 is 1.47 bits per heavy atom. The Hall–Kier alpha value is -3.76. The number of rotatable bonds is 10. The van der Waals surface area contributed by atoms with Crippen molar-refractivity contribution in [2.45, 2.75) is 33.1 Å². The topological polar surface area (TPSA) is 176 Å². The minimum Gasteiger partial charge on any atom is -0.539 e. The fraction of sp³-hybridized carbons (Fsp3) is 0.385. The van der Waals surface area contributed by atoms with Crippen molar-refractivity contribution in [3.8, 4) is 0 Å². The maximum Gasteiger partial charge on any atom is 0.351 e. The molecule has 0 aliphatic heterocycles. The number of hydrogen-bond donors (Lipinski definition) is 4. The highest BCUT2D eigenvalue weighted by Gasteiger charge is 2.15. The number of nitrogens with two attached hydrogens (primary N) is 1. The van der Waals surface area contributed by atoms with E-state index in [1.807, 2.05) is 0 Å². The molecule has 198 valence electrons. The number of carboxylic acids is 4. The summed E-state index contributed by atoms with van der Waals surface area (Å²) < 4.78 is 0. The Labute approximate surface area is 210 Å². The summed E-state index contributed by atoms with van der Waals surface area (Å²) in [6.07, 6.45) is 5.62. The molecule has 0 heterocycles. The van der Waals surface area contributed by atoms with Crippen LogP contribution in [0.25, 0.3) is 10.8 Å². The summed E-state index contributed by atoms with van der Waals surface area (Å²) in [5.41, 5.74) is 1.50. The van der Waals surface area contributed by atoms with Gasteiger partial charge in [0, 0.05) is 5.92 Å². The van der Waals surface area contributed by atoms with E-state index >= 15 is 0 Å². The van der Waals surface area contributed by atoms with Gasteiger partial charge in [0.2, 0.25) is 0 Å². The Morgan fingerprint density at radius 1 is 0.944 bits per heavy atom. The van der Waals surface area contributed by atoms with Gasteiger partial charge in [0.1, 0.15) is 13.1 Å². The van der Waals surface area contributed by atoms with Crippen LogP contribution in [0.5, 0.6) is 0 Å². The molecular weight excluding hydrogens is 468 g/mol. The van der Waals surface area contributed by atoms with E-state index in [9.17, 15) is 0 Å². The Morgan fingerprint density at radius 3 is 1.97 bits per heavy atom. The summed E-state index contributed by atoms with van der Waals surface area (Å²) in [5, 5.41) is 37.9. The molecule has 0 saturated heterocycles. The van der Waals surface area contributed by atoms with E-state index in [1.165, 1.54) is 49.1 Å². The lowest BCUT2D eigenvalue weighted by Gasteiger charge is -2.18. The van der Waals surface area contributed by atoms with Crippen molar-refractivity contribution in [2.75, 3.05) is 32.7 Å². The molecule has 2 aromatic carbocycles. The van der Waals surface area contributed by atoms with Gasteiger partial charge in [-0.2, -0.15) is 0 Å². The summed E-state index contributed by atoms with van der Waals surface area (Å²) in [4.78, 5) is 37.7. The number of quaternary nitrogens is 2. The summed E-state index contributed by atoms with van der Waals surface area (Å²) >= 11 is 0. The van der Waals surface area contributed by atoms with Crippen molar-refractivity contribution < 1.29 is 49.8 Å². The van der Waals surface area contributed by atoms with E-state index in [-0.39, 0.29) is 0 Å². The summed E-state index contributed by atoms with van der Waals surface area (Å²) in [6.45, 7) is 12.8. The van der Waals surface area contributed by atoms with Crippen LogP contribution in [0, 0.1) is 0 Å². The molecule has 10 nitrogen and oxygen atoms in total. The molecule has 2 aromatic rings. The smallest absolute Gasteiger partial charge is 0.351 e. The molecule has 1 atom stereocenters. The molecule has 0 aliphatic carbocycles. The van der Waals surface area contributed by atoms with Crippen LogP contribution in [0.2, 0.25) is 0 Å². The lowest BCUT2D eigenvalue weighted by Crippen LogP contribution is -3.14. The number of carboxylic acid groups (broad SMARTS) is 4. The molecule has 5 N–H and O–H groups in total. The molecule has 0 aromatic heterocycles. The number of hydrogen-bond acceptors (Lipinski definition) is 6. The first kappa shape index (κ1) is 32.2. The number of allylic oxidation sites excluding steroid dienone is 2. The molecule has 0 aliphatic rings. The molecule has 0 saturated carbocycles. The maximum absolute atomic E-state index is 9.04. The number of benzene rings is 2. The summed E-state index contributed by atoms with van der Waals surface area (Å²) in [6, 6.07) is 15.5. The normalized spacial score (nSPS) is 11.2. The Bertz CT molecular complexity index is 949. The fourth-order valence-corrected chi connectivity index (χ4v) is 3.49. The van der Waals surface area contributed by atoms with Crippen LogP contribution in [0.4, 0.5) is 0 Å². The molecule has 1 unspecified atom stereocenters. The number of fused-ring (bicyclic) bond motifs is 1. The van der Waals surface area contributed by atoms with E-state index < -0.39 is 23.9 Å². The molecule has 0 bridgehead atoms. The molecule has 36 heavy (non-hydrogen) atoms. The third-order valence-electron chi connectivity index (χ3n) is 5.42. The number of carbonyl (C=O) groups is 4. The van der Waals surface area contributed by atoms with Crippen molar-refractivity contribution in [3.05, 3.63) is 60.2 Å². The zero-order valence-corrected chi connectivity index (χ0v) is 20.9. The van der Waals surface area contributed by atoms with E-state index in [4.69, 9.17) is 39.6 Å². The quantitative estimate of drug-likeness (QED) is 0.163. The van der Waals surface area contributed by atoms with Gasteiger partial charge in [-0.25, -0.2) is 9.59 Å². The molecule has 0 spiro atoms. The fourth-order valence-electron chi connectivity index (χ4n) is 3.49. The highest BCUT2D eigenvalue weighted by Crippen LogP contribution is 2.27. The average molecular weight is 505 g/mol. The van der Waals surface area contributed by atoms with Crippen LogP contribution >= 0.6 is 0 Å². The highest BCUT2D eigenvalue weighted by molar-refractivity contribution is 6.26. The SMILES string of the molecule is C/C=C/CC(C[NH2+]CC[NH+](CC)CC)c1cccc2ccccc12.O=C([O-])C(=O)O.O=C([O-])C(=O)O. The molecular formula is C26H36N2O8. The van der Waals surface area contributed by atoms with Crippen LogP contribution in [-0.2, 0) is 19.2 Å². The van der Waals surface area contributed by atoms with Crippen molar-refractivity contribution in [1.82, 2.24) is 0 Å². The standard InChI is InChI=1S/C22H32N2.2C2H2O4/c1-4-7-11-20(18-23-16-17-24(5-2)6-3)22-15-10-13-19-12-8-9-14-21(19)22;2*3-1(4)2(5)6/h4,7-10,12-15,20,23H,5-6,11,16-18H2,1-3H3;2*(H,3,4)(H,5,6)/b7-4+;;. The number of nitrogens with one attached hydrogen (secondary N) is 1. The second-order valence-corrected chi connectivity index (χ2v) is 7.78. The molecule has 0 radical (unpaired) electrons. The van der Waals surface area contributed by atoms with Crippen molar-refractivity contribution in [1.29, 1.82) is 0 Å². The second kappa shape index (κ2) is 18.6. The van der Waals surface area contributed by atoms with Gasteiger partial charge in [0.05, 0.1) is 19.6 Å². The minimum atomic E-state index is -2.07. The van der Waals surface area contributed by atoms with Gasteiger partial charge < -0.3 is 40.2 Å². The van der Waals surface area contributed by atoms with E-state index in [2.05, 4.69) is 80.7 Å². The van der Waals surface area contributed by atoms with Crippen molar-refractivity contribution >= 4 is 34.6 Å². The van der Waals surface area contributed by atoms with Crippen molar-refractivity contribution in [2.24, 2.45) is 0 Å². The Kier molecular flexibility index (Phi) is 16.6. The molecule has 0 amide bonds. The Balaban J connectivity index is 0.000000846. The lowest BCUT2D eigenvalue weighted by molar-refractivity contribution is -0.909. The zero-order valence-electron chi connectivity index (χ0n) is 20.9. The van der Waals surface area contributed by atoms with Gasteiger partial charge in [0.25, 0.3) is 0 Å². The third-order valence-corrected chi connectivity index (χ3v) is 5.42. The first-order valence-electron chi connectivity index (χ1n) is 11.7. The van der Waals surface area contributed by atoms with Gasteiger partial charge in [-0.15, -0.1) is 0 Å². The van der Waals surface area contributed by atoms with Crippen LogP contribution in [0.15, 0.2) is 54.6 Å². The van der Waals surface area contributed by atoms with Crippen molar-refractivity contribution in [3.63, 3.8) is 0 Å². The number of aliphatic carboxylic acids is 4. The van der Waals surface area contributed by atoms with Gasteiger partial charge in [-0.05, 0) is 43.5 Å². The predicted octanol–water partition coefficient (Wildman–Crippen LogP) is -1.98. The average Bonchev–Trinajstić information content (AvgIpc) is 2.86. The number of carbonyl (C=O) groups excluding carboxylic acids is 2. The van der Waals surface area contributed by atoms with Gasteiger partial charge >= 0.3 is 11.9 Å². The first-order chi connectivity index (χ1) is 17.1. The second-order valence-electron chi connectivity index (χ2n) is 7.78. The van der Waals surface area contributed by atoms with Crippen LogP contribution in [0.1, 0.15) is 38.7 Å². The van der Waals surface area contributed by atoms with Gasteiger partial charge in [-0.3, -0.25) is 0 Å². The zero-order chi connectivity index (χ0) is 27.5. The minimum absolute atomic E-state index is 0.582. The highest BCUT2D eigenvalue weighted by atomic mass is 16.4. The van der Waals surface area contributed by atoms with E-state index in [0.717, 1.165) is 6.42 Å². The predicted molar refractivity (Wildman–Crippen MR) is 130 cm³/mol. The molecule has 2 rings (SSSR count). The summed E-state index contributed by atoms with van der Waals surface area (Å²) in [7, 11) is 0. The summed E-state index contributed by atoms with van der Waals surface area (Å²) in [5.74, 6) is -7.44. The molecule has 10 heteroatoms. The monoisotopic (exact) mass is 504 g/mol. The van der Waals surface area contributed by atoms with Crippen LogP contribution < -0.4 is 20.4 Å². The number of likely N-dealkylation sites (N-methyl/N-ethyl adjacent to an activating group) is 1.